The third-order valence-corrected chi connectivity index (χ3v) is 3.84. The SMILES string of the molecule is CN(C)C(=O)c1ccc(CSc2ccccc2)cc1. The third-order valence-electron chi connectivity index (χ3n) is 2.76. The molecule has 0 aliphatic rings. The van der Waals surface area contributed by atoms with Crippen LogP contribution in [0.25, 0.3) is 0 Å². The summed E-state index contributed by atoms with van der Waals surface area (Å²) >= 11 is 1.80. The van der Waals surface area contributed by atoms with Crippen molar-refractivity contribution < 1.29 is 4.79 Å². The van der Waals surface area contributed by atoms with Crippen molar-refractivity contribution in [3.63, 3.8) is 0 Å². The van der Waals surface area contributed by atoms with Gasteiger partial charge in [-0.15, -0.1) is 11.8 Å². The van der Waals surface area contributed by atoms with Crippen molar-refractivity contribution in [3.8, 4) is 0 Å². The van der Waals surface area contributed by atoms with Crippen molar-refractivity contribution in [2.24, 2.45) is 0 Å². The van der Waals surface area contributed by atoms with E-state index >= 15 is 0 Å². The van der Waals surface area contributed by atoms with E-state index in [1.165, 1.54) is 10.5 Å². The lowest BCUT2D eigenvalue weighted by Gasteiger charge is -2.10. The molecule has 0 spiro atoms. The van der Waals surface area contributed by atoms with Gasteiger partial charge < -0.3 is 4.90 Å². The van der Waals surface area contributed by atoms with Gasteiger partial charge in [-0.1, -0.05) is 30.3 Å². The zero-order chi connectivity index (χ0) is 13.7. The predicted molar refractivity (Wildman–Crippen MR) is 80.5 cm³/mol. The van der Waals surface area contributed by atoms with E-state index in [1.807, 2.05) is 42.5 Å². The van der Waals surface area contributed by atoms with Crippen LogP contribution in [-0.4, -0.2) is 24.9 Å². The number of thioether (sulfide) groups is 1. The molecule has 0 aromatic heterocycles. The largest absolute Gasteiger partial charge is 0.345 e. The molecule has 0 heterocycles. The molecule has 0 aliphatic heterocycles. The summed E-state index contributed by atoms with van der Waals surface area (Å²) in [5.41, 5.74) is 1.96. The summed E-state index contributed by atoms with van der Waals surface area (Å²) in [7, 11) is 3.53. The summed E-state index contributed by atoms with van der Waals surface area (Å²) in [6.07, 6.45) is 0. The molecule has 0 radical (unpaired) electrons. The highest BCUT2D eigenvalue weighted by Gasteiger charge is 2.07. The molecular weight excluding hydrogens is 254 g/mol. The van der Waals surface area contributed by atoms with Gasteiger partial charge >= 0.3 is 0 Å². The van der Waals surface area contributed by atoms with Gasteiger partial charge in [0, 0.05) is 30.3 Å². The van der Waals surface area contributed by atoms with Gasteiger partial charge in [-0.2, -0.15) is 0 Å². The first kappa shape index (κ1) is 13.7. The fourth-order valence-corrected chi connectivity index (χ4v) is 2.56. The predicted octanol–water partition coefficient (Wildman–Crippen LogP) is 3.68. The lowest BCUT2D eigenvalue weighted by Crippen LogP contribution is -2.21. The Bertz CT molecular complexity index is 534. The van der Waals surface area contributed by atoms with Crippen molar-refractivity contribution >= 4 is 17.7 Å². The van der Waals surface area contributed by atoms with Crippen LogP contribution in [0.15, 0.2) is 59.5 Å². The van der Waals surface area contributed by atoms with Gasteiger partial charge in [-0.3, -0.25) is 4.79 Å². The van der Waals surface area contributed by atoms with Crippen molar-refractivity contribution in [3.05, 3.63) is 65.7 Å². The average Bonchev–Trinajstić information content (AvgIpc) is 2.46. The van der Waals surface area contributed by atoms with Crippen molar-refractivity contribution in [2.45, 2.75) is 10.6 Å². The van der Waals surface area contributed by atoms with Crippen LogP contribution in [0, 0.1) is 0 Å². The van der Waals surface area contributed by atoms with E-state index < -0.39 is 0 Å². The van der Waals surface area contributed by atoms with Crippen LogP contribution in [0.1, 0.15) is 15.9 Å². The lowest BCUT2D eigenvalue weighted by molar-refractivity contribution is 0.0827. The molecule has 0 N–H and O–H groups in total. The second kappa shape index (κ2) is 6.43. The van der Waals surface area contributed by atoms with E-state index in [1.54, 1.807) is 30.8 Å². The minimum absolute atomic E-state index is 0.0438. The number of amides is 1. The number of benzene rings is 2. The molecule has 0 saturated carbocycles. The summed E-state index contributed by atoms with van der Waals surface area (Å²) in [6.45, 7) is 0. The van der Waals surface area contributed by atoms with Crippen molar-refractivity contribution in [1.82, 2.24) is 4.90 Å². The highest BCUT2D eigenvalue weighted by Crippen LogP contribution is 2.22. The van der Waals surface area contributed by atoms with Gasteiger partial charge in [0.25, 0.3) is 5.91 Å². The Morgan fingerprint density at radius 3 is 2.21 bits per heavy atom. The number of nitrogens with zero attached hydrogens (tertiary/aromatic N) is 1. The minimum Gasteiger partial charge on any atom is -0.345 e. The number of rotatable bonds is 4. The first-order valence-electron chi connectivity index (χ1n) is 6.15. The number of carbonyl (C=O) groups is 1. The summed E-state index contributed by atoms with van der Waals surface area (Å²) in [6, 6.07) is 18.1. The quantitative estimate of drug-likeness (QED) is 0.791. The Morgan fingerprint density at radius 2 is 1.63 bits per heavy atom. The Morgan fingerprint density at radius 1 is 1.00 bits per heavy atom. The molecule has 0 saturated heterocycles. The molecule has 0 unspecified atom stereocenters. The molecule has 1 amide bonds. The monoisotopic (exact) mass is 271 g/mol. The number of hydrogen-bond donors (Lipinski definition) is 0. The Kier molecular flexibility index (Phi) is 4.63. The zero-order valence-electron chi connectivity index (χ0n) is 11.2. The van der Waals surface area contributed by atoms with E-state index in [0.717, 1.165) is 11.3 Å². The first-order valence-corrected chi connectivity index (χ1v) is 7.14. The van der Waals surface area contributed by atoms with Crippen LogP contribution in [0.3, 0.4) is 0 Å². The Hall–Kier alpha value is -1.74. The van der Waals surface area contributed by atoms with Crippen LogP contribution in [0.2, 0.25) is 0 Å². The van der Waals surface area contributed by atoms with Crippen molar-refractivity contribution in [1.29, 1.82) is 0 Å². The highest BCUT2D eigenvalue weighted by molar-refractivity contribution is 7.98. The van der Waals surface area contributed by atoms with E-state index in [-0.39, 0.29) is 5.91 Å². The average molecular weight is 271 g/mol. The molecule has 2 aromatic rings. The van der Waals surface area contributed by atoms with Gasteiger partial charge in [-0.05, 0) is 29.8 Å². The molecule has 2 rings (SSSR count). The highest BCUT2D eigenvalue weighted by atomic mass is 32.2. The Labute approximate surface area is 118 Å². The number of hydrogen-bond acceptors (Lipinski definition) is 2. The van der Waals surface area contributed by atoms with Gasteiger partial charge in [0.1, 0.15) is 0 Å². The fraction of sp³-hybridized carbons (Fsp3) is 0.188. The molecule has 3 heteroatoms. The zero-order valence-corrected chi connectivity index (χ0v) is 12.0. The van der Waals surface area contributed by atoms with Gasteiger partial charge in [0.2, 0.25) is 0 Å². The van der Waals surface area contributed by atoms with Crippen LogP contribution < -0.4 is 0 Å². The normalized spacial score (nSPS) is 10.2. The summed E-state index contributed by atoms with van der Waals surface area (Å²) in [4.78, 5) is 14.6. The molecule has 2 aromatic carbocycles. The van der Waals surface area contributed by atoms with E-state index in [9.17, 15) is 4.79 Å². The molecular formula is C16H17NOS. The summed E-state index contributed by atoms with van der Waals surface area (Å²) < 4.78 is 0. The van der Waals surface area contributed by atoms with Crippen LogP contribution >= 0.6 is 11.8 Å². The van der Waals surface area contributed by atoms with E-state index in [4.69, 9.17) is 0 Å². The molecule has 0 bridgehead atoms. The first-order chi connectivity index (χ1) is 9.16. The lowest BCUT2D eigenvalue weighted by atomic mass is 10.1. The van der Waals surface area contributed by atoms with E-state index in [2.05, 4.69) is 12.1 Å². The molecule has 19 heavy (non-hydrogen) atoms. The summed E-state index contributed by atoms with van der Waals surface area (Å²) in [5.74, 6) is 0.961. The third kappa shape index (κ3) is 3.86. The second-order valence-electron chi connectivity index (χ2n) is 4.50. The molecule has 0 fully saturated rings. The second-order valence-corrected chi connectivity index (χ2v) is 5.55. The topological polar surface area (TPSA) is 20.3 Å². The van der Waals surface area contributed by atoms with Gasteiger partial charge in [0.15, 0.2) is 0 Å². The number of carbonyl (C=O) groups excluding carboxylic acids is 1. The van der Waals surface area contributed by atoms with Crippen molar-refractivity contribution in [2.75, 3.05) is 14.1 Å². The summed E-state index contributed by atoms with van der Waals surface area (Å²) in [5, 5.41) is 0. The van der Waals surface area contributed by atoms with Crippen LogP contribution in [-0.2, 0) is 5.75 Å². The van der Waals surface area contributed by atoms with E-state index in [0.29, 0.717) is 0 Å². The fourth-order valence-electron chi connectivity index (χ4n) is 1.69. The maximum absolute atomic E-state index is 11.8. The van der Waals surface area contributed by atoms with Crippen LogP contribution in [0.5, 0.6) is 0 Å². The molecule has 98 valence electrons. The van der Waals surface area contributed by atoms with Gasteiger partial charge in [-0.25, -0.2) is 0 Å². The molecule has 0 aliphatic carbocycles. The maximum atomic E-state index is 11.8. The molecule has 2 nitrogen and oxygen atoms in total. The smallest absolute Gasteiger partial charge is 0.253 e. The van der Waals surface area contributed by atoms with Crippen LogP contribution in [0.4, 0.5) is 0 Å². The molecule has 0 atom stereocenters. The Balaban J connectivity index is 1.98. The standard InChI is InChI=1S/C16H17NOS/c1-17(2)16(18)14-10-8-13(9-11-14)12-19-15-6-4-3-5-7-15/h3-11H,12H2,1-2H3. The maximum Gasteiger partial charge on any atom is 0.253 e. The minimum atomic E-state index is 0.0438. The van der Waals surface area contributed by atoms with Gasteiger partial charge in [0.05, 0.1) is 0 Å².